The molecule has 0 saturated heterocycles. The smallest absolute Gasteiger partial charge is 0.283 e. The number of aryl methyl sites for hydroxylation is 1. The summed E-state index contributed by atoms with van der Waals surface area (Å²) in [5, 5.41) is 2.89. The number of benzene rings is 1. The summed E-state index contributed by atoms with van der Waals surface area (Å²) in [5.41, 5.74) is 1.44. The predicted molar refractivity (Wildman–Crippen MR) is 76.5 cm³/mol. The Balaban J connectivity index is 2.47. The van der Waals surface area contributed by atoms with Crippen molar-refractivity contribution in [3.8, 4) is 0 Å². The Morgan fingerprint density at radius 2 is 2.16 bits per heavy atom. The van der Waals surface area contributed by atoms with E-state index in [0.29, 0.717) is 11.6 Å². The Kier molecular flexibility index (Phi) is 4.21. The van der Waals surface area contributed by atoms with Crippen LogP contribution in [0.1, 0.15) is 6.92 Å². The second-order valence-electron chi connectivity index (χ2n) is 3.92. The Hall–Kier alpha value is -1.82. The van der Waals surface area contributed by atoms with Crippen molar-refractivity contribution < 1.29 is 4.79 Å². The van der Waals surface area contributed by atoms with Crippen LogP contribution in [0.15, 0.2) is 34.1 Å². The molecule has 0 aliphatic rings. The van der Waals surface area contributed by atoms with Crippen LogP contribution in [-0.2, 0) is 11.3 Å². The van der Waals surface area contributed by atoms with Gasteiger partial charge in [-0.3, -0.25) is 9.59 Å². The molecule has 1 heterocycles. The molecule has 0 spiro atoms. The molecule has 0 aliphatic carbocycles. The van der Waals surface area contributed by atoms with Gasteiger partial charge in [-0.1, -0.05) is 23.9 Å². The van der Waals surface area contributed by atoms with Crippen molar-refractivity contribution in [2.45, 2.75) is 18.5 Å². The van der Waals surface area contributed by atoms with Crippen LogP contribution in [0, 0.1) is 0 Å². The van der Waals surface area contributed by atoms with Crippen LogP contribution in [0.25, 0.3) is 11.0 Å². The number of aromatic nitrogens is 2. The van der Waals surface area contributed by atoms with E-state index in [2.05, 4.69) is 10.3 Å². The molecular weight excluding hydrogens is 262 g/mol. The number of nitrogens with zero attached hydrogens (tertiary/aromatic N) is 2. The lowest BCUT2D eigenvalue weighted by atomic mass is 10.3. The lowest BCUT2D eigenvalue weighted by Crippen LogP contribution is -2.25. The van der Waals surface area contributed by atoms with Gasteiger partial charge in [0.2, 0.25) is 5.91 Å². The minimum atomic E-state index is -0.143. The first kappa shape index (κ1) is 13.6. The average molecular weight is 277 g/mol. The second-order valence-corrected chi connectivity index (χ2v) is 4.88. The normalized spacial score (nSPS) is 10.6. The second kappa shape index (κ2) is 5.88. The molecule has 100 valence electrons. The minimum absolute atomic E-state index is 0.123. The number of carbonyl (C=O) groups is 1. The van der Waals surface area contributed by atoms with Crippen molar-refractivity contribution in [1.29, 1.82) is 0 Å². The fourth-order valence-electron chi connectivity index (χ4n) is 1.78. The molecule has 1 N–H and O–H groups in total. The van der Waals surface area contributed by atoms with Gasteiger partial charge in [-0.25, -0.2) is 4.98 Å². The first-order valence-corrected chi connectivity index (χ1v) is 6.99. The van der Waals surface area contributed by atoms with E-state index in [4.69, 9.17) is 0 Å². The van der Waals surface area contributed by atoms with E-state index in [-0.39, 0.29) is 17.2 Å². The molecule has 0 radical (unpaired) electrons. The largest absolute Gasteiger partial charge is 0.358 e. The molecule has 2 rings (SSSR count). The van der Waals surface area contributed by atoms with Crippen LogP contribution in [0.3, 0.4) is 0 Å². The average Bonchev–Trinajstić information content (AvgIpc) is 2.44. The third-order valence-electron chi connectivity index (χ3n) is 2.76. The van der Waals surface area contributed by atoms with Crippen LogP contribution in [0.2, 0.25) is 0 Å². The maximum Gasteiger partial charge on any atom is 0.283 e. The molecule has 0 aliphatic heterocycles. The highest BCUT2D eigenvalue weighted by atomic mass is 32.2. The van der Waals surface area contributed by atoms with Gasteiger partial charge in [0.1, 0.15) is 0 Å². The summed E-state index contributed by atoms with van der Waals surface area (Å²) in [4.78, 5) is 27.8. The molecule has 5 nitrogen and oxygen atoms in total. The summed E-state index contributed by atoms with van der Waals surface area (Å²) in [6.07, 6.45) is 0. The molecule has 0 atom stereocenters. The molecule has 2 aromatic rings. The van der Waals surface area contributed by atoms with Crippen LogP contribution < -0.4 is 10.9 Å². The van der Waals surface area contributed by atoms with Crippen molar-refractivity contribution in [3.05, 3.63) is 34.6 Å². The van der Waals surface area contributed by atoms with Gasteiger partial charge in [-0.15, -0.1) is 0 Å². The SMILES string of the molecule is CCn1c(=O)c(SCC(=O)NC)nc2ccccc21. The van der Waals surface area contributed by atoms with Crippen molar-refractivity contribution in [3.63, 3.8) is 0 Å². The third kappa shape index (κ3) is 2.78. The molecule has 0 saturated carbocycles. The maximum absolute atomic E-state index is 12.3. The Morgan fingerprint density at radius 1 is 1.42 bits per heavy atom. The van der Waals surface area contributed by atoms with Crippen LogP contribution in [0.5, 0.6) is 0 Å². The number of carbonyl (C=O) groups excluding carboxylic acids is 1. The molecule has 1 aromatic heterocycles. The first-order valence-electron chi connectivity index (χ1n) is 6.00. The summed E-state index contributed by atoms with van der Waals surface area (Å²) in [7, 11) is 1.57. The Labute approximate surface area is 115 Å². The highest BCUT2D eigenvalue weighted by Crippen LogP contribution is 2.16. The molecule has 1 amide bonds. The van der Waals surface area contributed by atoms with E-state index in [0.717, 1.165) is 11.0 Å². The van der Waals surface area contributed by atoms with E-state index >= 15 is 0 Å². The highest BCUT2D eigenvalue weighted by molar-refractivity contribution is 7.99. The number of nitrogens with one attached hydrogen (secondary N) is 1. The summed E-state index contributed by atoms with van der Waals surface area (Å²) < 4.78 is 1.68. The molecule has 19 heavy (non-hydrogen) atoms. The fourth-order valence-corrected chi connectivity index (χ4v) is 2.59. The van der Waals surface area contributed by atoms with E-state index in [9.17, 15) is 9.59 Å². The monoisotopic (exact) mass is 277 g/mol. The summed E-state index contributed by atoms with van der Waals surface area (Å²) >= 11 is 1.17. The molecule has 6 heteroatoms. The number of para-hydroxylation sites is 2. The molecule has 0 bridgehead atoms. The zero-order valence-corrected chi connectivity index (χ0v) is 11.7. The van der Waals surface area contributed by atoms with Gasteiger partial charge in [0, 0.05) is 13.6 Å². The standard InChI is InChI=1S/C13H15N3O2S/c1-3-16-10-7-5-4-6-9(10)15-12(13(16)18)19-8-11(17)14-2/h4-7H,3,8H2,1-2H3,(H,14,17). The highest BCUT2D eigenvalue weighted by Gasteiger charge is 2.11. The maximum atomic E-state index is 12.3. The number of amides is 1. The molecular formula is C13H15N3O2S. The summed E-state index contributed by atoms with van der Waals surface area (Å²) in [6, 6.07) is 7.51. The number of hydrogen-bond donors (Lipinski definition) is 1. The van der Waals surface area contributed by atoms with Crippen molar-refractivity contribution in [2.75, 3.05) is 12.8 Å². The van der Waals surface area contributed by atoms with Crippen molar-refractivity contribution >= 4 is 28.7 Å². The zero-order valence-electron chi connectivity index (χ0n) is 10.8. The summed E-state index contributed by atoms with van der Waals surface area (Å²) in [6.45, 7) is 2.50. The van der Waals surface area contributed by atoms with Gasteiger partial charge in [-0.2, -0.15) is 0 Å². The lowest BCUT2D eigenvalue weighted by Gasteiger charge is -2.09. The van der Waals surface area contributed by atoms with Gasteiger partial charge >= 0.3 is 0 Å². The van der Waals surface area contributed by atoms with Crippen LogP contribution >= 0.6 is 11.8 Å². The van der Waals surface area contributed by atoms with Crippen molar-refractivity contribution in [1.82, 2.24) is 14.9 Å². The van der Waals surface area contributed by atoms with E-state index in [1.807, 2.05) is 31.2 Å². The van der Waals surface area contributed by atoms with Crippen molar-refractivity contribution in [2.24, 2.45) is 0 Å². The predicted octanol–water partition coefficient (Wildman–Crippen LogP) is 1.25. The minimum Gasteiger partial charge on any atom is -0.358 e. The topological polar surface area (TPSA) is 64.0 Å². The third-order valence-corrected chi connectivity index (χ3v) is 3.70. The van der Waals surface area contributed by atoms with Gasteiger partial charge < -0.3 is 9.88 Å². The van der Waals surface area contributed by atoms with E-state index in [1.165, 1.54) is 11.8 Å². The van der Waals surface area contributed by atoms with Gasteiger partial charge in [0.25, 0.3) is 5.56 Å². The first-order chi connectivity index (χ1) is 9.17. The van der Waals surface area contributed by atoms with Gasteiger partial charge in [0.05, 0.1) is 16.8 Å². The van der Waals surface area contributed by atoms with Crippen LogP contribution in [-0.4, -0.2) is 28.3 Å². The number of hydrogen-bond acceptors (Lipinski definition) is 4. The Morgan fingerprint density at radius 3 is 2.84 bits per heavy atom. The van der Waals surface area contributed by atoms with Gasteiger partial charge in [-0.05, 0) is 19.1 Å². The quantitative estimate of drug-likeness (QED) is 0.854. The summed E-state index contributed by atoms with van der Waals surface area (Å²) in [5.74, 6) is 0.0725. The van der Waals surface area contributed by atoms with Gasteiger partial charge in [0.15, 0.2) is 5.03 Å². The number of rotatable bonds is 4. The van der Waals surface area contributed by atoms with E-state index < -0.39 is 0 Å². The molecule has 0 unspecified atom stereocenters. The lowest BCUT2D eigenvalue weighted by molar-refractivity contribution is -0.118. The van der Waals surface area contributed by atoms with Crippen LogP contribution in [0.4, 0.5) is 0 Å². The Bertz CT molecular complexity index is 666. The van der Waals surface area contributed by atoms with E-state index in [1.54, 1.807) is 11.6 Å². The number of fused-ring (bicyclic) bond motifs is 1. The zero-order chi connectivity index (χ0) is 13.8. The number of thioether (sulfide) groups is 1. The molecule has 0 fully saturated rings. The fraction of sp³-hybridized carbons (Fsp3) is 0.308. The molecule has 1 aromatic carbocycles.